The molecule has 2 aromatic rings. The first-order chi connectivity index (χ1) is 13.2. The van der Waals surface area contributed by atoms with Gasteiger partial charge in [-0.05, 0) is 62.3 Å². The quantitative estimate of drug-likeness (QED) is 0.553. The summed E-state index contributed by atoms with van der Waals surface area (Å²) in [5, 5.41) is 5.38. The Morgan fingerprint density at radius 3 is 2.96 bits per heavy atom. The molecule has 5 nitrogen and oxygen atoms in total. The molecule has 2 heterocycles. The first kappa shape index (κ1) is 20.0. The number of hydrogen-bond acceptors (Lipinski definition) is 2. The van der Waals surface area contributed by atoms with Crippen LogP contribution in [-0.2, 0) is 11.2 Å². The van der Waals surface area contributed by atoms with Crippen LogP contribution in [0.1, 0.15) is 31.7 Å². The second kappa shape index (κ2) is 10.00. The topological polar surface area (TPSA) is 52.7 Å². The number of aliphatic imine (C=N–C) groups is 1. The van der Waals surface area contributed by atoms with Crippen molar-refractivity contribution >= 4 is 28.5 Å². The van der Waals surface area contributed by atoms with Crippen LogP contribution in [0.3, 0.4) is 0 Å². The molecule has 0 saturated carbocycles. The molecule has 0 aliphatic carbocycles. The molecule has 0 unspecified atom stereocenters. The van der Waals surface area contributed by atoms with Crippen LogP contribution in [0.5, 0.6) is 0 Å². The van der Waals surface area contributed by atoms with E-state index in [0.717, 1.165) is 61.7 Å². The Labute approximate surface area is 167 Å². The number of hydrogen-bond donors (Lipinski definition) is 2. The van der Waals surface area contributed by atoms with E-state index < -0.39 is 0 Å². The Morgan fingerprint density at radius 2 is 2.19 bits per heavy atom. The van der Waals surface area contributed by atoms with Gasteiger partial charge >= 0.3 is 0 Å². The van der Waals surface area contributed by atoms with Crippen LogP contribution in [0, 0.1) is 5.92 Å². The molecule has 0 spiro atoms. The van der Waals surface area contributed by atoms with E-state index in [2.05, 4.69) is 35.4 Å². The fourth-order valence-corrected chi connectivity index (χ4v) is 3.80. The van der Waals surface area contributed by atoms with E-state index in [9.17, 15) is 0 Å². The van der Waals surface area contributed by atoms with Crippen molar-refractivity contribution < 1.29 is 4.74 Å². The standard InChI is InChI=1S/C21H31ClN4O/c1-3-23-21(26(2)11-7-16-8-12-27-13-9-16)24-10-6-17-15-25-20-5-4-18(22)14-19(17)20/h4-5,14-16,25H,3,6-13H2,1-2H3,(H,23,24). The molecular formula is C21H31ClN4O. The largest absolute Gasteiger partial charge is 0.381 e. The lowest BCUT2D eigenvalue weighted by Crippen LogP contribution is -2.40. The third kappa shape index (κ3) is 5.63. The maximum absolute atomic E-state index is 6.15. The van der Waals surface area contributed by atoms with Crippen molar-refractivity contribution in [3.8, 4) is 0 Å². The Morgan fingerprint density at radius 1 is 1.37 bits per heavy atom. The summed E-state index contributed by atoms with van der Waals surface area (Å²) in [6, 6.07) is 5.97. The van der Waals surface area contributed by atoms with Gasteiger partial charge in [-0.25, -0.2) is 0 Å². The van der Waals surface area contributed by atoms with Crippen LogP contribution in [0.15, 0.2) is 29.4 Å². The van der Waals surface area contributed by atoms with Gasteiger partial charge in [0.2, 0.25) is 0 Å². The zero-order valence-corrected chi connectivity index (χ0v) is 17.2. The Balaban J connectivity index is 1.56. The van der Waals surface area contributed by atoms with Crippen molar-refractivity contribution in [2.75, 3.05) is 39.9 Å². The van der Waals surface area contributed by atoms with Crippen LogP contribution in [0.2, 0.25) is 5.02 Å². The van der Waals surface area contributed by atoms with Crippen molar-refractivity contribution in [2.45, 2.75) is 32.6 Å². The highest BCUT2D eigenvalue weighted by Crippen LogP contribution is 2.23. The number of aromatic amines is 1. The minimum atomic E-state index is 0.753. The molecule has 3 rings (SSSR count). The molecule has 0 bridgehead atoms. The Kier molecular flexibility index (Phi) is 7.41. The van der Waals surface area contributed by atoms with E-state index in [0.29, 0.717) is 0 Å². The molecule has 1 fully saturated rings. The Hall–Kier alpha value is -1.72. The van der Waals surface area contributed by atoms with Crippen molar-refractivity contribution in [2.24, 2.45) is 10.9 Å². The summed E-state index contributed by atoms with van der Waals surface area (Å²) in [5.41, 5.74) is 2.39. The van der Waals surface area contributed by atoms with Gasteiger partial charge in [0, 0.05) is 62.0 Å². The molecule has 148 valence electrons. The second-order valence-electron chi connectivity index (χ2n) is 7.26. The zero-order chi connectivity index (χ0) is 19.1. The lowest BCUT2D eigenvalue weighted by molar-refractivity contribution is 0.0625. The molecule has 2 N–H and O–H groups in total. The molecule has 0 amide bonds. The van der Waals surface area contributed by atoms with E-state index in [1.165, 1.54) is 30.2 Å². The number of benzene rings is 1. The molecule has 0 radical (unpaired) electrons. The van der Waals surface area contributed by atoms with Crippen LogP contribution in [0.4, 0.5) is 0 Å². The molecule has 27 heavy (non-hydrogen) atoms. The maximum Gasteiger partial charge on any atom is 0.193 e. The highest BCUT2D eigenvalue weighted by molar-refractivity contribution is 6.31. The predicted octanol–water partition coefficient (Wildman–Crippen LogP) is 4.08. The third-order valence-corrected chi connectivity index (χ3v) is 5.52. The van der Waals surface area contributed by atoms with Crippen LogP contribution >= 0.6 is 11.6 Å². The highest BCUT2D eigenvalue weighted by atomic mass is 35.5. The fraction of sp³-hybridized carbons (Fsp3) is 0.571. The van der Waals surface area contributed by atoms with E-state index in [1.54, 1.807) is 0 Å². The number of nitrogens with one attached hydrogen (secondary N) is 2. The third-order valence-electron chi connectivity index (χ3n) is 5.28. The normalized spacial score (nSPS) is 16.0. The van der Waals surface area contributed by atoms with Gasteiger partial charge in [-0.3, -0.25) is 4.99 Å². The van der Waals surface area contributed by atoms with Gasteiger partial charge in [0.05, 0.1) is 0 Å². The lowest BCUT2D eigenvalue weighted by atomic mass is 9.96. The molecule has 1 aliphatic rings. The van der Waals surface area contributed by atoms with Crippen molar-refractivity contribution in [1.82, 2.24) is 15.2 Å². The van der Waals surface area contributed by atoms with E-state index in [-0.39, 0.29) is 0 Å². The lowest BCUT2D eigenvalue weighted by Gasteiger charge is -2.26. The number of H-pyrrole nitrogens is 1. The van der Waals surface area contributed by atoms with E-state index in [4.69, 9.17) is 21.3 Å². The molecular weight excluding hydrogens is 360 g/mol. The SMILES string of the molecule is CCNC(=NCCc1c[nH]c2ccc(Cl)cc12)N(C)CCC1CCOCC1. The monoisotopic (exact) mass is 390 g/mol. The minimum absolute atomic E-state index is 0.753. The number of nitrogens with zero attached hydrogens (tertiary/aromatic N) is 2. The smallest absolute Gasteiger partial charge is 0.193 e. The van der Waals surface area contributed by atoms with Gasteiger partial charge in [-0.15, -0.1) is 0 Å². The van der Waals surface area contributed by atoms with Crippen molar-refractivity contribution in [1.29, 1.82) is 0 Å². The fourth-order valence-electron chi connectivity index (χ4n) is 3.63. The van der Waals surface area contributed by atoms with Crippen LogP contribution in [-0.4, -0.2) is 55.7 Å². The van der Waals surface area contributed by atoms with Crippen LogP contribution < -0.4 is 5.32 Å². The maximum atomic E-state index is 6.15. The van der Waals surface area contributed by atoms with E-state index in [1.807, 2.05) is 18.2 Å². The minimum Gasteiger partial charge on any atom is -0.381 e. The first-order valence-electron chi connectivity index (χ1n) is 10.00. The van der Waals surface area contributed by atoms with Crippen molar-refractivity contribution in [3.63, 3.8) is 0 Å². The number of guanidine groups is 1. The first-order valence-corrected chi connectivity index (χ1v) is 10.4. The number of fused-ring (bicyclic) bond motifs is 1. The van der Waals surface area contributed by atoms with Gasteiger partial charge in [-0.2, -0.15) is 0 Å². The average Bonchev–Trinajstić information content (AvgIpc) is 3.08. The van der Waals surface area contributed by atoms with Crippen molar-refractivity contribution in [3.05, 3.63) is 35.0 Å². The molecule has 0 atom stereocenters. The molecule has 6 heteroatoms. The summed E-state index contributed by atoms with van der Waals surface area (Å²) in [6.45, 7) is 6.60. The molecule has 1 aromatic carbocycles. The Bertz CT molecular complexity index is 752. The number of rotatable bonds is 7. The summed E-state index contributed by atoms with van der Waals surface area (Å²) in [4.78, 5) is 10.4. The number of aromatic nitrogens is 1. The highest BCUT2D eigenvalue weighted by Gasteiger charge is 2.15. The molecule has 1 saturated heterocycles. The van der Waals surface area contributed by atoms with Crippen LogP contribution in [0.25, 0.3) is 10.9 Å². The number of ether oxygens (including phenoxy) is 1. The average molecular weight is 391 g/mol. The summed E-state index contributed by atoms with van der Waals surface area (Å²) in [5.74, 6) is 1.77. The zero-order valence-electron chi connectivity index (χ0n) is 16.4. The summed E-state index contributed by atoms with van der Waals surface area (Å²) in [6.07, 6.45) is 6.53. The van der Waals surface area contributed by atoms with Gasteiger partial charge in [0.25, 0.3) is 0 Å². The van der Waals surface area contributed by atoms with Gasteiger partial charge in [-0.1, -0.05) is 11.6 Å². The predicted molar refractivity (Wildman–Crippen MR) is 114 cm³/mol. The molecule has 1 aliphatic heterocycles. The van der Waals surface area contributed by atoms with Gasteiger partial charge in [0.15, 0.2) is 5.96 Å². The molecule has 1 aromatic heterocycles. The van der Waals surface area contributed by atoms with Gasteiger partial charge in [0.1, 0.15) is 0 Å². The van der Waals surface area contributed by atoms with Gasteiger partial charge < -0.3 is 19.9 Å². The summed E-state index contributed by atoms with van der Waals surface area (Å²) >= 11 is 6.15. The van der Waals surface area contributed by atoms with E-state index >= 15 is 0 Å². The number of halogens is 1. The second-order valence-corrected chi connectivity index (χ2v) is 7.69. The summed E-state index contributed by atoms with van der Waals surface area (Å²) in [7, 11) is 2.13. The summed E-state index contributed by atoms with van der Waals surface area (Å²) < 4.78 is 5.46.